The van der Waals surface area contributed by atoms with Crippen molar-refractivity contribution in [2.75, 3.05) is 7.11 Å². The number of urea groups is 1. The summed E-state index contributed by atoms with van der Waals surface area (Å²) in [5.74, 6) is 1.36. The van der Waals surface area contributed by atoms with Crippen molar-refractivity contribution in [1.82, 2.24) is 20.8 Å². The fourth-order valence-corrected chi connectivity index (χ4v) is 3.26. The number of ether oxygens (including phenoxy) is 1. The van der Waals surface area contributed by atoms with Crippen molar-refractivity contribution in [2.24, 2.45) is 0 Å². The summed E-state index contributed by atoms with van der Waals surface area (Å²) < 4.78 is 11.1. The Morgan fingerprint density at radius 1 is 1.03 bits per heavy atom. The Labute approximate surface area is 190 Å². The Bertz CT molecular complexity index is 1180. The number of halogens is 1. The fourth-order valence-electron chi connectivity index (χ4n) is 3.14. The molecule has 2 N–H and O–H groups in total. The molecule has 0 radical (unpaired) electrons. The van der Waals surface area contributed by atoms with Crippen molar-refractivity contribution in [3.05, 3.63) is 101 Å². The first kappa shape index (κ1) is 21.4. The summed E-state index contributed by atoms with van der Waals surface area (Å²) in [4.78, 5) is 12.7. The smallest absolute Gasteiger partial charge is 0.315 e. The van der Waals surface area contributed by atoms with Gasteiger partial charge in [0.15, 0.2) is 0 Å². The van der Waals surface area contributed by atoms with Crippen LogP contribution >= 0.6 is 11.6 Å². The predicted molar refractivity (Wildman–Crippen MR) is 121 cm³/mol. The highest BCUT2D eigenvalue weighted by molar-refractivity contribution is 6.30. The fraction of sp³-hybridized carbons (Fsp3) is 0.125. The third-order valence-electron chi connectivity index (χ3n) is 4.77. The molecule has 0 unspecified atom stereocenters. The van der Waals surface area contributed by atoms with Gasteiger partial charge in [0.2, 0.25) is 11.8 Å². The zero-order chi connectivity index (χ0) is 22.3. The second-order valence-corrected chi connectivity index (χ2v) is 7.41. The zero-order valence-electron chi connectivity index (χ0n) is 17.3. The van der Waals surface area contributed by atoms with E-state index in [9.17, 15) is 4.79 Å². The molecule has 0 fully saturated rings. The van der Waals surface area contributed by atoms with E-state index in [4.69, 9.17) is 20.8 Å². The van der Waals surface area contributed by atoms with Gasteiger partial charge in [0.1, 0.15) is 11.8 Å². The van der Waals surface area contributed by atoms with E-state index in [1.807, 2.05) is 66.7 Å². The first-order valence-electron chi connectivity index (χ1n) is 9.94. The van der Waals surface area contributed by atoms with Crippen molar-refractivity contribution in [3.8, 4) is 17.2 Å². The summed E-state index contributed by atoms with van der Waals surface area (Å²) in [6.07, 6.45) is 0. The quantitative estimate of drug-likeness (QED) is 0.416. The second-order valence-electron chi connectivity index (χ2n) is 6.97. The van der Waals surface area contributed by atoms with Gasteiger partial charge in [0, 0.05) is 17.1 Å². The molecule has 7 nitrogen and oxygen atoms in total. The molecule has 1 heterocycles. The van der Waals surface area contributed by atoms with Gasteiger partial charge in [-0.2, -0.15) is 0 Å². The van der Waals surface area contributed by atoms with E-state index in [2.05, 4.69) is 20.8 Å². The molecular weight excluding hydrogens is 428 g/mol. The summed E-state index contributed by atoms with van der Waals surface area (Å²) in [6.45, 7) is 0.329. The van der Waals surface area contributed by atoms with E-state index in [1.54, 1.807) is 19.2 Å². The van der Waals surface area contributed by atoms with Crippen molar-refractivity contribution in [2.45, 2.75) is 12.6 Å². The molecule has 32 heavy (non-hydrogen) atoms. The molecular formula is C24H21ClN4O3. The van der Waals surface area contributed by atoms with Gasteiger partial charge in [-0.05, 0) is 47.5 Å². The summed E-state index contributed by atoms with van der Waals surface area (Å²) in [5, 5.41) is 14.7. The number of nitrogens with zero attached hydrogens (tertiary/aromatic N) is 2. The monoisotopic (exact) mass is 448 g/mol. The minimum Gasteiger partial charge on any atom is -0.497 e. The number of methoxy groups -OCH3 is 1. The van der Waals surface area contributed by atoms with Gasteiger partial charge in [-0.15, -0.1) is 10.2 Å². The van der Waals surface area contributed by atoms with Gasteiger partial charge in [0.25, 0.3) is 0 Å². The molecule has 1 atom stereocenters. The number of hydrogen-bond donors (Lipinski definition) is 2. The Morgan fingerprint density at radius 2 is 1.81 bits per heavy atom. The Balaban J connectivity index is 1.53. The van der Waals surface area contributed by atoms with Gasteiger partial charge in [-0.1, -0.05) is 54.1 Å². The van der Waals surface area contributed by atoms with Crippen molar-refractivity contribution < 1.29 is 13.9 Å². The minimum atomic E-state index is -0.650. The topological polar surface area (TPSA) is 89.3 Å². The molecule has 0 bridgehead atoms. The molecule has 2 amide bonds. The molecule has 4 aromatic rings. The van der Waals surface area contributed by atoms with Crippen LogP contribution in [0.5, 0.6) is 5.75 Å². The minimum absolute atomic E-state index is 0.266. The predicted octanol–water partition coefficient (Wildman–Crippen LogP) is 4.99. The lowest BCUT2D eigenvalue weighted by atomic mass is 10.1. The zero-order valence-corrected chi connectivity index (χ0v) is 18.0. The molecule has 0 aliphatic carbocycles. The van der Waals surface area contributed by atoms with Crippen LogP contribution in [0.15, 0.2) is 83.3 Å². The number of hydrogen-bond acceptors (Lipinski definition) is 5. The number of rotatable bonds is 7. The van der Waals surface area contributed by atoms with Gasteiger partial charge in [0.05, 0.1) is 7.11 Å². The molecule has 0 saturated carbocycles. The van der Waals surface area contributed by atoms with E-state index in [-0.39, 0.29) is 11.9 Å². The first-order chi connectivity index (χ1) is 15.6. The molecule has 3 aromatic carbocycles. The maximum atomic E-state index is 12.7. The highest BCUT2D eigenvalue weighted by atomic mass is 35.5. The summed E-state index contributed by atoms with van der Waals surface area (Å²) >= 11 is 6.03. The van der Waals surface area contributed by atoms with Crippen molar-refractivity contribution in [3.63, 3.8) is 0 Å². The van der Waals surface area contributed by atoms with Crippen LogP contribution in [0, 0.1) is 0 Å². The summed E-state index contributed by atoms with van der Waals surface area (Å²) in [6, 6.07) is 23.0. The average Bonchev–Trinajstić information content (AvgIpc) is 3.33. The molecule has 0 spiro atoms. The summed E-state index contributed by atoms with van der Waals surface area (Å²) in [5.41, 5.74) is 2.46. The van der Waals surface area contributed by atoms with Gasteiger partial charge in [-0.3, -0.25) is 0 Å². The number of nitrogens with one attached hydrogen (secondary N) is 2. The van der Waals surface area contributed by atoms with Crippen LogP contribution < -0.4 is 15.4 Å². The standard InChI is InChI=1S/C24H21ClN4O3/c1-31-20-9-5-6-16(14-20)15-26-24(30)27-21(17-10-12-19(25)13-11-17)23-29-28-22(32-23)18-7-3-2-4-8-18/h2-14,21H,15H2,1H3,(H2,26,27,30)/t21-/m1/s1. The number of carbonyl (C=O) groups is 1. The van der Waals surface area contributed by atoms with Crippen LogP contribution in [0.2, 0.25) is 5.02 Å². The molecule has 162 valence electrons. The van der Waals surface area contributed by atoms with E-state index >= 15 is 0 Å². The Kier molecular flexibility index (Phi) is 6.67. The van der Waals surface area contributed by atoms with Crippen LogP contribution in [-0.4, -0.2) is 23.3 Å². The number of aromatic nitrogens is 2. The largest absolute Gasteiger partial charge is 0.497 e. The highest BCUT2D eigenvalue weighted by Gasteiger charge is 2.23. The molecule has 0 aliphatic heterocycles. The van der Waals surface area contributed by atoms with Crippen molar-refractivity contribution >= 4 is 17.6 Å². The lowest BCUT2D eigenvalue weighted by molar-refractivity contribution is 0.236. The molecule has 1 aromatic heterocycles. The van der Waals surface area contributed by atoms with Gasteiger partial charge in [-0.25, -0.2) is 4.79 Å². The Hall–Kier alpha value is -3.84. The molecule has 4 rings (SSSR count). The van der Waals surface area contributed by atoms with Crippen LogP contribution in [0.3, 0.4) is 0 Å². The highest BCUT2D eigenvalue weighted by Crippen LogP contribution is 2.26. The van der Waals surface area contributed by atoms with Crippen LogP contribution in [0.1, 0.15) is 23.1 Å². The van der Waals surface area contributed by atoms with Crippen molar-refractivity contribution in [1.29, 1.82) is 0 Å². The van der Waals surface area contributed by atoms with E-state index in [0.717, 1.165) is 22.4 Å². The molecule has 0 saturated heterocycles. The maximum absolute atomic E-state index is 12.7. The lowest BCUT2D eigenvalue weighted by Crippen LogP contribution is -2.38. The summed E-state index contributed by atoms with van der Waals surface area (Å²) in [7, 11) is 1.60. The van der Waals surface area contributed by atoms with Gasteiger partial charge >= 0.3 is 6.03 Å². The van der Waals surface area contributed by atoms with E-state index in [0.29, 0.717) is 17.5 Å². The average molecular weight is 449 g/mol. The van der Waals surface area contributed by atoms with Crippen LogP contribution in [0.4, 0.5) is 4.79 Å². The van der Waals surface area contributed by atoms with E-state index < -0.39 is 6.04 Å². The van der Waals surface area contributed by atoms with Crippen LogP contribution in [0.25, 0.3) is 11.5 Å². The first-order valence-corrected chi connectivity index (χ1v) is 10.3. The number of amides is 2. The molecule has 8 heteroatoms. The Morgan fingerprint density at radius 3 is 2.56 bits per heavy atom. The van der Waals surface area contributed by atoms with Gasteiger partial charge < -0.3 is 19.8 Å². The number of carbonyl (C=O) groups excluding carboxylic acids is 1. The number of benzene rings is 3. The third-order valence-corrected chi connectivity index (χ3v) is 5.03. The lowest BCUT2D eigenvalue weighted by Gasteiger charge is -2.16. The normalized spacial score (nSPS) is 11.6. The molecule has 0 aliphatic rings. The SMILES string of the molecule is COc1cccc(CNC(=O)N[C@H](c2ccc(Cl)cc2)c2nnc(-c3ccccc3)o2)c1. The van der Waals surface area contributed by atoms with Crippen LogP contribution in [-0.2, 0) is 6.54 Å². The maximum Gasteiger partial charge on any atom is 0.315 e. The second kappa shape index (κ2) is 9.98. The third kappa shape index (κ3) is 5.25. The van der Waals surface area contributed by atoms with E-state index in [1.165, 1.54) is 0 Å².